The van der Waals surface area contributed by atoms with Gasteiger partial charge in [-0.15, -0.1) is 0 Å². The molecule has 1 aromatic heterocycles. The summed E-state index contributed by atoms with van der Waals surface area (Å²) in [4.78, 5) is 15.1. The van der Waals surface area contributed by atoms with Crippen LogP contribution in [0.5, 0.6) is 0 Å². The molecule has 0 aliphatic heterocycles. The highest BCUT2D eigenvalue weighted by Crippen LogP contribution is 2.25. The topological polar surface area (TPSA) is 62.2 Å². The number of anilines is 1. The zero-order valence-electron chi connectivity index (χ0n) is 12.8. The van der Waals surface area contributed by atoms with Crippen LogP contribution in [0.2, 0.25) is 0 Å². The largest absolute Gasteiger partial charge is 0.479 e. The molecule has 5 heteroatoms. The Morgan fingerprint density at radius 2 is 1.86 bits per heavy atom. The molecule has 0 amide bonds. The van der Waals surface area contributed by atoms with Gasteiger partial charge in [0.2, 0.25) is 0 Å². The standard InChI is InChI=1S/C17H19FN2O2/c1-17(2,3)12-4-6-14(7-5-12)20-15(16(21)22)11-8-13(18)10-19-9-11/h4-10,15,20H,1-3H3,(H,21,22). The maximum absolute atomic E-state index is 13.2. The summed E-state index contributed by atoms with van der Waals surface area (Å²) in [6, 6.07) is 7.66. The Morgan fingerprint density at radius 1 is 1.23 bits per heavy atom. The number of pyridine rings is 1. The Balaban J connectivity index is 2.24. The van der Waals surface area contributed by atoms with Crippen LogP contribution < -0.4 is 5.32 Å². The van der Waals surface area contributed by atoms with E-state index in [0.717, 1.165) is 11.8 Å². The Hall–Kier alpha value is -2.43. The molecule has 2 aromatic rings. The van der Waals surface area contributed by atoms with Gasteiger partial charge in [-0.25, -0.2) is 9.18 Å². The molecule has 22 heavy (non-hydrogen) atoms. The van der Waals surface area contributed by atoms with Crippen LogP contribution in [0.3, 0.4) is 0 Å². The summed E-state index contributed by atoms with van der Waals surface area (Å²) in [6.45, 7) is 6.32. The predicted octanol–water partition coefficient (Wildman–Crippen LogP) is 3.76. The molecule has 1 aromatic carbocycles. The molecule has 0 aliphatic carbocycles. The van der Waals surface area contributed by atoms with Crippen molar-refractivity contribution in [3.63, 3.8) is 0 Å². The van der Waals surface area contributed by atoms with Gasteiger partial charge in [-0.2, -0.15) is 0 Å². The number of carboxylic acids is 1. The molecule has 4 nitrogen and oxygen atoms in total. The minimum atomic E-state index is -1.09. The van der Waals surface area contributed by atoms with E-state index in [1.54, 1.807) is 0 Å². The number of halogens is 1. The molecule has 0 saturated carbocycles. The average molecular weight is 302 g/mol. The number of hydrogen-bond donors (Lipinski definition) is 2. The van der Waals surface area contributed by atoms with Crippen molar-refractivity contribution < 1.29 is 14.3 Å². The molecule has 0 spiro atoms. The highest BCUT2D eigenvalue weighted by atomic mass is 19.1. The third-order valence-corrected chi connectivity index (χ3v) is 3.37. The van der Waals surface area contributed by atoms with Gasteiger partial charge in [-0.3, -0.25) is 4.98 Å². The molecule has 1 atom stereocenters. The molecule has 0 aliphatic rings. The van der Waals surface area contributed by atoms with E-state index in [1.165, 1.54) is 12.3 Å². The van der Waals surface area contributed by atoms with E-state index < -0.39 is 17.8 Å². The van der Waals surface area contributed by atoms with Crippen LogP contribution in [0.25, 0.3) is 0 Å². The Bertz CT molecular complexity index is 663. The molecule has 116 valence electrons. The van der Waals surface area contributed by atoms with Crippen molar-refractivity contribution in [3.8, 4) is 0 Å². The molecule has 0 bridgehead atoms. The molecule has 2 rings (SSSR count). The van der Waals surface area contributed by atoms with E-state index >= 15 is 0 Å². The molecule has 1 heterocycles. The van der Waals surface area contributed by atoms with Gasteiger partial charge >= 0.3 is 5.97 Å². The van der Waals surface area contributed by atoms with Crippen molar-refractivity contribution in [3.05, 3.63) is 59.7 Å². The van der Waals surface area contributed by atoms with Gasteiger partial charge in [-0.1, -0.05) is 32.9 Å². The van der Waals surface area contributed by atoms with Crippen molar-refractivity contribution in [2.75, 3.05) is 5.32 Å². The number of carbonyl (C=O) groups is 1. The van der Waals surface area contributed by atoms with E-state index in [2.05, 4.69) is 31.1 Å². The molecule has 0 fully saturated rings. The summed E-state index contributed by atoms with van der Waals surface area (Å²) in [5.41, 5.74) is 2.10. The number of rotatable bonds is 4. The van der Waals surface area contributed by atoms with Crippen molar-refractivity contribution in [1.29, 1.82) is 0 Å². The lowest BCUT2D eigenvalue weighted by atomic mass is 9.87. The molecule has 0 saturated heterocycles. The zero-order valence-corrected chi connectivity index (χ0v) is 12.8. The Labute approximate surface area is 129 Å². The van der Waals surface area contributed by atoms with E-state index in [-0.39, 0.29) is 11.0 Å². The molecule has 1 unspecified atom stereocenters. The van der Waals surface area contributed by atoms with E-state index in [9.17, 15) is 14.3 Å². The monoisotopic (exact) mass is 302 g/mol. The van der Waals surface area contributed by atoms with Crippen LogP contribution in [0, 0.1) is 5.82 Å². The quantitative estimate of drug-likeness (QED) is 0.902. The number of nitrogens with zero attached hydrogens (tertiary/aromatic N) is 1. The van der Waals surface area contributed by atoms with E-state index in [1.807, 2.05) is 24.3 Å². The first kappa shape index (κ1) is 15.9. The summed E-state index contributed by atoms with van der Waals surface area (Å²) in [6.07, 6.45) is 2.39. The lowest BCUT2D eigenvalue weighted by Gasteiger charge is -2.20. The summed E-state index contributed by atoms with van der Waals surface area (Å²) in [7, 11) is 0. The summed E-state index contributed by atoms with van der Waals surface area (Å²) in [5, 5.41) is 12.2. The summed E-state index contributed by atoms with van der Waals surface area (Å²) in [5.74, 6) is -1.65. The number of nitrogens with one attached hydrogen (secondary N) is 1. The van der Waals surface area contributed by atoms with E-state index in [0.29, 0.717) is 5.69 Å². The first-order chi connectivity index (χ1) is 10.3. The van der Waals surface area contributed by atoms with Crippen molar-refractivity contribution in [1.82, 2.24) is 4.98 Å². The normalized spacial score (nSPS) is 12.7. The number of benzene rings is 1. The van der Waals surface area contributed by atoms with Crippen LogP contribution in [0.15, 0.2) is 42.7 Å². The summed E-state index contributed by atoms with van der Waals surface area (Å²) < 4.78 is 13.2. The number of hydrogen-bond acceptors (Lipinski definition) is 3. The van der Waals surface area contributed by atoms with Crippen molar-refractivity contribution in [2.45, 2.75) is 32.2 Å². The third kappa shape index (κ3) is 3.81. The minimum absolute atomic E-state index is 0.0250. The maximum atomic E-state index is 13.2. The predicted molar refractivity (Wildman–Crippen MR) is 83.3 cm³/mol. The zero-order chi connectivity index (χ0) is 16.3. The second-order valence-corrected chi connectivity index (χ2v) is 6.18. The van der Waals surface area contributed by atoms with Crippen LogP contribution in [0.1, 0.15) is 37.9 Å². The number of aliphatic carboxylic acids is 1. The van der Waals surface area contributed by atoms with Crippen LogP contribution in [-0.2, 0) is 10.2 Å². The van der Waals surface area contributed by atoms with Gasteiger partial charge < -0.3 is 10.4 Å². The Morgan fingerprint density at radius 3 is 2.36 bits per heavy atom. The number of carboxylic acid groups (broad SMARTS) is 1. The minimum Gasteiger partial charge on any atom is -0.479 e. The fourth-order valence-corrected chi connectivity index (χ4v) is 2.11. The Kier molecular flexibility index (Phi) is 4.45. The molecule has 0 radical (unpaired) electrons. The van der Waals surface area contributed by atoms with Crippen molar-refractivity contribution >= 4 is 11.7 Å². The van der Waals surface area contributed by atoms with E-state index in [4.69, 9.17) is 0 Å². The molecular weight excluding hydrogens is 283 g/mol. The first-order valence-corrected chi connectivity index (χ1v) is 6.98. The van der Waals surface area contributed by atoms with Crippen LogP contribution >= 0.6 is 0 Å². The summed E-state index contributed by atoms with van der Waals surface area (Å²) >= 11 is 0. The lowest BCUT2D eigenvalue weighted by Crippen LogP contribution is -2.21. The third-order valence-electron chi connectivity index (χ3n) is 3.37. The lowest BCUT2D eigenvalue weighted by molar-refractivity contribution is -0.138. The highest BCUT2D eigenvalue weighted by Gasteiger charge is 2.21. The maximum Gasteiger partial charge on any atom is 0.330 e. The smallest absolute Gasteiger partial charge is 0.330 e. The number of aromatic nitrogens is 1. The van der Waals surface area contributed by atoms with Gasteiger partial charge in [0.25, 0.3) is 0 Å². The first-order valence-electron chi connectivity index (χ1n) is 6.98. The van der Waals surface area contributed by atoms with Crippen LogP contribution in [0.4, 0.5) is 10.1 Å². The molecule has 2 N–H and O–H groups in total. The fourth-order valence-electron chi connectivity index (χ4n) is 2.11. The highest BCUT2D eigenvalue weighted by molar-refractivity contribution is 5.79. The second-order valence-electron chi connectivity index (χ2n) is 6.18. The second kappa shape index (κ2) is 6.13. The van der Waals surface area contributed by atoms with Gasteiger partial charge in [0.1, 0.15) is 5.82 Å². The SMILES string of the molecule is CC(C)(C)c1ccc(NC(C(=O)O)c2cncc(F)c2)cc1. The average Bonchev–Trinajstić information content (AvgIpc) is 2.44. The fraction of sp³-hybridized carbons (Fsp3) is 0.294. The van der Waals surface area contributed by atoms with Gasteiger partial charge in [0.05, 0.1) is 6.20 Å². The van der Waals surface area contributed by atoms with Crippen LogP contribution in [-0.4, -0.2) is 16.1 Å². The molecular formula is C17H19FN2O2. The van der Waals surface area contributed by atoms with Gasteiger partial charge in [-0.05, 0) is 29.2 Å². The van der Waals surface area contributed by atoms with Gasteiger partial charge in [0.15, 0.2) is 6.04 Å². The van der Waals surface area contributed by atoms with Gasteiger partial charge in [0, 0.05) is 17.4 Å². The van der Waals surface area contributed by atoms with Crippen molar-refractivity contribution in [2.24, 2.45) is 0 Å².